The summed E-state index contributed by atoms with van der Waals surface area (Å²) in [7, 11) is 0. The van der Waals surface area contributed by atoms with Crippen molar-refractivity contribution >= 4 is 11.0 Å². The van der Waals surface area contributed by atoms with Crippen molar-refractivity contribution < 1.29 is 0 Å². The van der Waals surface area contributed by atoms with Crippen molar-refractivity contribution in [3.8, 4) is 0 Å². The van der Waals surface area contributed by atoms with Gasteiger partial charge < -0.3 is 10.3 Å². The molecule has 0 aliphatic heterocycles. The molecule has 1 heterocycles. The first-order valence-electron chi connectivity index (χ1n) is 5.01. The molecular weight excluding hydrogens is 186 g/mol. The predicted molar refractivity (Wildman–Crippen MR) is 62.4 cm³/mol. The van der Waals surface area contributed by atoms with E-state index >= 15 is 0 Å². The molecule has 0 saturated heterocycles. The Hall–Kier alpha value is -1.61. The summed E-state index contributed by atoms with van der Waals surface area (Å²) in [6.07, 6.45) is 0. The molecule has 0 unspecified atom stereocenters. The number of hydrogen-bond donors (Lipinski definition) is 1. The monoisotopic (exact) mass is 201 g/mol. The van der Waals surface area contributed by atoms with Gasteiger partial charge in [-0.1, -0.05) is 24.3 Å². The number of imidazole rings is 1. The van der Waals surface area contributed by atoms with Gasteiger partial charge in [0.05, 0.1) is 17.6 Å². The Kier molecular flexibility index (Phi) is 2.56. The van der Waals surface area contributed by atoms with Gasteiger partial charge in [0.25, 0.3) is 0 Å². The molecule has 0 atom stereocenters. The van der Waals surface area contributed by atoms with Gasteiger partial charge in [-0.3, -0.25) is 0 Å². The minimum atomic E-state index is 0.460. The summed E-state index contributed by atoms with van der Waals surface area (Å²) in [6, 6.07) is 8.06. The molecule has 0 aliphatic carbocycles. The van der Waals surface area contributed by atoms with E-state index in [1.54, 1.807) is 0 Å². The van der Waals surface area contributed by atoms with Crippen LogP contribution in [0.1, 0.15) is 12.7 Å². The highest BCUT2D eigenvalue weighted by Gasteiger charge is 2.07. The zero-order chi connectivity index (χ0) is 10.8. The fraction of sp³-hybridized carbons (Fsp3) is 0.250. The van der Waals surface area contributed by atoms with Gasteiger partial charge in [0.1, 0.15) is 5.82 Å². The Morgan fingerprint density at radius 1 is 1.47 bits per heavy atom. The number of hydrogen-bond acceptors (Lipinski definition) is 2. The third-order valence-corrected chi connectivity index (χ3v) is 2.34. The summed E-state index contributed by atoms with van der Waals surface area (Å²) in [5, 5.41) is 0. The molecular formula is C12H15N3. The van der Waals surface area contributed by atoms with Crippen molar-refractivity contribution in [3.05, 3.63) is 42.2 Å². The Balaban J connectivity index is 2.61. The van der Waals surface area contributed by atoms with Crippen LogP contribution in [0.4, 0.5) is 0 Å². The zero-order valence-electron chi connectivity index (χ0n) is 8.90. The van der Waals surface area contributed by atoms with Crippen LogP contribution in [-0.4, -0.2) is 9.55 Å². The van der Waals surface area contributed by atoms with E-state index in [0.717, 1.165) is 29.0 Å². The quantitative estimate of drug-likeness (QED) is 0.772. The molecule has 0 spiro atoms. The number of fused-ring (bicyclic) bond motifs is 1. The van der Waals surface area contributed by atoms with Crippen molar-refractivity contribution in [2.75, 3.05) is 0 Å². The van der Waals surface area contributed by atoms with Crippen molar-refractivity contribution in [1.82, 2.24) is 9.55 Å². The van der Waals surface area contributed by atoms with E-state index in [-0.39, 0.29) is 0 Å². The Labute approximate surface area is 89.2 Å². The summed E-state index contributed by atoms with van der Waals surface area (Å²) in [5.41, 5.74) is 8.91. The Morgan fingerprint density at radius 2 is 2.20 bits per heavy atom. The second-order valence-corrected chi connectivity index (χ2v) is 3.76. The van der Waals surface area contributed by atoms with E-state index in [1.165, 1.54) is 0 Å². The van der Waals surface area contributed by atoms with Crippen LogP contribution in [0.25, 0.3) is 11.0 Å². The van der Waals surface area contributed by atoms with Gasteiger partial charge in [-0.05, 0) is 19.1 Å². The maximum atomic E-state index is 5.68. The maximum Gasteiger partial charge on any atom is 0.123 e. The van der Waals surface area contributed by atoms with Gasteiger partial charge in [-0.2, -0.15) is 0 Å². The molecule has 0 aliphatic rings. The number of nitrogens with two attached hydrogens (primary N) is 1. The lowest BCUT2D eigenvalue weighted by Gasteiger charge is -2.06. The number of nitrogens with zero attached hydrogens (tertiary/aromatic N) is 2. The number of allylic oxidation sites excluding steroid dienone is 1. The van der Waals surface area contributed by atoms with Crippen LogP contribution in [0.5, 0.6) is 0 Å². The van der Waals surface area contributed by atoms with E-state index in [2.05, 4.69) is 22.2 Å². The summed E-state index contributed by atoms with van der Waals surface area (Å²) in [6.45, 7) is 7.18. The number of para-hydroxylation sites is 2. The highest BCUT2D eigenvalue weighted by Crippen LogP contribution is 2.16. The Bertz CT molecular complexity index is 497. The Morgan fingerprint density at radius 3 is 2.87 bits per heavy atom. The van der Waals surface area contributed by atoms with Gasteiger partial charge in [0, 0.05) is 6.54 Å². The second kappa shape index (κ2) is 3.87. The molecule has 3 heteroatoms. The first-order chi connectivity index (χ1) is 7.22. The summed E-state index contributed by atoms with van der Waals surface area (Å²) in [4.78, 5) is 4.48. The van der Waals surface area contributed by atoms with Crippen molar-refractivity contribution in [2.45, 2.75) is 20.0 Å². The molecule has 0 saturated carbocycles. The fourth-order valence-corrected chi connectivity index (χ4v) is 1.73. The van der Waals surface area contributed by atoms with Crippen LogP contribution in [0, 0.1) is 0 Å². The smallest absolute Gasteiger partial charge is 0.123 e. The third kappa shape index (κ3) is 1.78. The maximum absolute atomic E-state index is 5.68. The lowest BCUT2D eigenvalue weighted by Crippen LogP contribution is -2.08. The SMILES string of the molecule is C=C(C)Cn1c(CN)nc2ccccc21. The van der Waals surface area contributed by atoms with E-state index in [1.807, 2.05) is 25.1 Å². The third-order valence-electron chi connectivity index (χ3n) is 2.34. The average Bonchev–Trinajstić information content (AvgIpc) is 2.56. The molecule has 0 radical (unpaired) electrons. The minimum absolute atomic E-state index is 0.460. The van der Waals surface area contributed by atoms with Crippen LogP contribution < -0.4 is 5.73 Å². The highest BCUT2D eigenvalue weighted by molar-refractivity contribution is 5.76. The van der Waals surface area contributed by atoms with Crippen LogP contribution in [-0.2, 0) is 13.1 Å². The largest absolute Gasteiger partial charge is 0.324 e. The van der Waals surface area contributed by atoms with Crippen LogP contribution in [0.2, 0.25) is 0 Å². The molecule has 0 bridgehead atoms. The van der Waals surface area contributed by atoms with Gasteiger partial charge in [-0.25, -0.2) is 4.98 Å². The van der Waals surface area contributed by atoms with Crippen molar-refractivity contribution in [2.24, 2.45) is 5.73 Å². The fourth-order valence-electron chi connectivity index (χ4n) is 1.73. The average molecular weight is 201 g/mol. The first kappa shape index (κ1) is 9.93. The second-order valence-electron chi connectivity index (χ2n) is 3.76. The molecule has 2 rings (SSSR count). The predicted octanol–water partition coefficient (Wildman–Crippen LogP) is 2.07. The molecule has 1 aromatic heterocycles. The molecule has 2 N–H and O–H groups in total. The molecule has 0 fully saturated rings. The highest BCUT2D eigenvalue weighted by atomic mass is 15.1. The standard InChI is InChI=1S/C12H15N3/c1-9(2)8-15-11-6-4-3-5-10(11)14-12(15)7-13/h3-6H,1,7-8,13H2,2H3. The normalized spacial score (nSPS) is 10.8. The summed E-state index contributed by atoms with van der Waals surface area (Å²) < 4.78 is 2.12. The van der Waals surface area contributed by atoms with E-state index < -0.39 is 0 Å². The summed E-state index contributed by atoms with van der Waals surface area (Å²) in [5.74, 6) is 0.916. The molecule has 2 aromatic rings. The van der Waals surface area contributed by atoms with Crippen LogP contribution >= 0.6 is 0 Å². The van der Waals surface area contributed by atoms with Gasteiger partial charge in [-0.15, -0.1) is 0 Å². The molecule has 15 heavy (non-hydrogen) atoms. The summed E-state index contributed by atoms with van der Waals surface area (Å²) >= 11 is 0. The lowest BCUT2D eigenvalue weighted by atomic mass is 10.3. The first-order valence-corrected chi connectivity index (χ1v) is 5.01. The molecule has 78 valence electrons. The lowest BCUT2D eigenvalue weighted by molar-refractivity contribution is 0.736. The number of rotatable bonds is 3. The van der Waals surface area contributed by atoms with Gasteiger partial charge in [0.15, 0.2) is 0 Å². The van der Waals surface area contributed by atoms with E-state index in [4.69, 9.17) is 5.73 Å². The van der Waals surface area contributed by atoms with Gasteiger partial charge in [0.2, 0.25) is 0 Å². The van der Waals surface area contributed by atoms with Crippen LogP contribution in [0.3, 0.4) is 0 Å². The van der Waals surface area contributed by atoms with Crippen molar-refractivity contribution in [1.29, 1.82) is 0 Å². The van der Waals surface area contributed by atoms with E-state index in [9.17, 15) is 0 Å². The number of benzene rings is 1. The van der Waals surface area contributed by atoms with Crippen molar-refractivity contribution in [3.63, 3.8) is 0 Å². The molecule has 3 nitrogen and oxygen atoms in total. The minimum Gasteiger partial charge on any atom is -0.324 e. The van der Waals surface area contributed by atoms with Crippen LogP contribution in [0.15, 0.2) is 36.4 Å². The number of aromatic nitrogens is 2. The zero-order valence-corrected chi connectivity index (χ0v) is 8.90. The van der Waals surface area contributed by atoms with Gasteiger partial charge >= 0.3 is 0 Å². The topological polar surface area (TPSA) is 43.8 Å². The molecule has 0 amide bonds. The van der Waals surface area contributed by atoms with E-state index in [0.29, 0.717) is 6.54 Å². The molecule has 1 aromatic carbocycles.